The van der Waals surface area contributed by atoms with Crippen molar-refractivity contribution >= 4 is 11.8 Å². The van der Waals surface area contributed by atoms with Crippen LogP contribution in [-0.4, -0.2) is 56.6 Å². The van der Waals surface area contributed by atoms with E-state index in [2.05, 4.69) is 20.5 Å². The van der Waals surface area contributed by atoms with Crippen LogP contribution in [-0.2, 0) is 11.3 Å². The van der Waals surface area contributed by atoms with Gasteiger partial charge in [0.05, 0.1) is 19.8 Å². The Morgan fingerprint density at radius 1 is 1.11 bits per heavy atom. The highest BCUT2D eigenvalue weighted by molar-refractivity contribution is 5.74. The average Bonchev–Trinajstić information content (AvgIpc) is 2.77. The Balaban J connectivity index is 1.26. The van der Waals surface area contributed by atoms with Crippen molar-refractivity contribution in [3.8, 4) is 11.5 Å². The Morgan fingerprint density at radius 3 is 2.79 bits per heavy atom. The number of nitrogens with zero attached hydrogens (tertiary/aromatic N) is 2. The third kappa shape index (κ3) is 4.45. The van der Waals surface area contributed by atoms with Crippen LogP contribution in [0.25, 0.3) is 0 Å². The molecule has 2 aromatic rings. The molecule has 148 valence electrons. The lowest BCUT2D eigenvalue weighted by molar-refractivity contribution is 0.0918. The van der Waals surface area contributed by atoms with Crippen molar-refractivity contribution in [3.05, 3.63) is 48.2 Å². The molecule has 1 atom stereocenters. The lowest BCUT2D eigenvalue weighted by Crippen LogP contribution is -2.44. The standard InChI is InChI=1S/C20H24N4O4/c25-20(23-13-16-14-27-17-5-1-2-6-18(17)28-16)22-12-15-4-3-7-21-19(15)24-8-10-26-11-9-24/h1-7,16H,8-14H2,(H2,22,23,25)/t16-/m1/s1. The van der Waals surface area contributed by atoms with Gasteiger partial charge in [0.25, 0.3) is 0 Å². The van der Waals surface area contributed by atoms with Crippen LogP contribution in [0.4, 0.5) is 10.6 Å². The number of carbonyl (C=O) groups excluding carboxylic acids is 1. The van der Waals surface area contributed by atoms with E-state index in [1.807, 2.05) is 36.4 Å². The summed E-state index contributed by atoms with van der Waals surface area (Å²) in [5, 5.41) is 5.74. The van der Waals surface area contributed by atoms with Crippen molar-refractivity contribution in [2.45, 2.75) is 12.6 Å². The van der Waals surface area contributed by atoms with Crippen molar-refractivity contribution in [3.63, 3.8) is 0 Å². The molecule has 0 spiro atoms. The van der Waals surface area contributed by atoms with Gasteiger partial charge in [0.2, 0.25) is 0 Å². The molecule has 2 amide bonds. The number of ether oxygens (including phenoxy) is 3. The summed E-state index contributed by atoms with van der Waals surface area (Å²) in [5.74, 6) is 2.33. The molecule has 4 rings (SSSR count). The number of aromatic nitrogens is 1. The Bertz CT molecular complexity index is 810. The number of para-hydroxylation sites is 2. The van der Waals surface area contributed by atoms with E-state index in [1.165, 1.54) is 0 Å². The van der Waals surface area contributed by atoms with Crippen molar-refractivity contribution in [2.24, 2.45) is 0 Å². The van der Waals surface area contributed by atoms with Crippen LogP contribution < -0.4 is 25.0 Å². The van der Waals surface area contributed by atoms with Crippen LogP contribution in [0.15, 0.2) is 42.6 Å². The van der Waals surface area contributed by atoms with Crippen LogP contribution in [0, 0.1) is 0 Å². The second-order valence-electron chi connectivity index (χ2n) is 6.65. The van der Waals surface area contributed by atoms with Crippen LogP contribution in [0.3, 0.4) is 0 Å². The Hall–Kier alpha value is -3.00. The maximum absolute atomic E-state index is 12.2. The fraction of sp³-hybridized carbons (Fsp3) is 0.400. The predicted molar refractivity (Wildman–Crippen MR) is 104 cm³/mol. The SMILES string of the molecule is O=C(NCc1cccnc1N1CCOCC1)NC[C@@H]1COc2ccccc2O1. The predicted octanol–water partition coefficient (Wildman–Crippen LogP) is 1.56. The molecule has 1 aromatic heterocycles. The molecule has 3 heterocycles. The molecule has 0 bridgehead atoms. The summed E-state index contributed by atoms with van der Waals surface area (Å²) in [7, 11) is 0. The number of pyridine rings is 1. The molecule has 28 heavy (non-hydrogen) atoms. The molecule has 0 unspecified atom stereocenters. The minimum Gasteiger partial charge on any atom is -0.486 e. The number of rotatable bonds is 5. The van der Waals surface area contributed by atoms with Crippen LogP contribution in [0.1, 0.15) is 5.56 Å². The second-order valence-corrected chi connectivity index (χ2v) is 6.65. The Morgan fingerprint density at radius 2 is 1.93 bits per heavy atom. The minimum absolute atomic E-state index is 0.219. The Labute approximate surface area is 163 Å². The highest BCUT2D eigenvalue weighted by atomic mass is 16.6. The molecule has 1 fully saturated rings. The summed E-state index contributed by atoms with van der Waals surface area (Å²) >= 11 is 0. The number of hydrogen-bond acceptors (Lipinski definition) is 6. The largest absolute Gasteiger partial charge is 0.486 e. The number of urea groups is 1. The molecule has 8 nitrogen and oxygen atoms in total. The molecule has 0 saturated carbocycles. The van der Waals surface area contributed by atoms with Gasteiger partial charge in [0, 0.05) is 31.4 Å². The molecular weight excluding hydrogens is 360 g/mol. The third-order valence-electron chi connectivity index (χ3n) is 4.68. The smallest absolute Gasteiger partial charge is 0.315 e. The van der Waals surface area contributed by atoms with Gasteiger partial charge < -0.3 is 29.7 Å². The molecular formula is C20H24N4O4. The fourth-order valence-electron chi connectivity index (χ4n) is 3.24. The zero-order valence-electron chi connectivity index (χ0n) is 15.6. The number of anilines is 1. The highest BCUT2D eigenvalue weighted by Crippen LogP contribution is 2.30. The van der Waals surface area contributed by atoms with E-state index in [4.69, 9.17) is 14.2 Å². The summed E-state index contributed by atoms with van der Waals surface area (Å²) in [6.45, 7) is 4.16. The van der Waals surface area contributed by atoms with Gasteiger partial charge in [0.1, 0.15) is 12.4 Å². The van der Waals surface area contributed by atoms with Crippen molar-refractivity contribution in [2.75, 3.05) is 44.4 Å². The van der Waals surface area contributed by atoms with E-state index in [0.29, 0.717) is 38.7 Å². The number of benzene rings is 1. The zero-order chi connectivity index (χ0) is 19.2. The van der Waals surface area contributed by atoms with Gasteiger partial charge in [-0.15, -0.1) is 0 Å². The topological polar surface area (TPSA) is 85.0 Å². The van der Waals surface area contributed by atoms with Gasteiger partial charge in [-0.1, -0.05) is 18.2 Å². The zero-order valence-corrected chi connectivity index (χ0v) is 15.6. The van der Waals surface area contributed by atoms with Gasteiger partial charge >= 0.3 is 6.03 Å². The van der Waals surface area contributed by atoms with Gasteiger partial charge in [0.15, 0.2) is 17.6 Å². The molecule has 1 aromatic carbocycles. The molecule has 8 heteroatoms. The highest BCUT2D eigenvalue weighted by Gasteiger charge is 2.21. The molecule has 2 aliphatic heterocycles. The first kappa shape index (κ1) is 18.4. The van der Waals surface area contributed by atoms with Crippen LogP contribution in [0.5, 0.6) is 11.5 Å². The summed E-state index contributed by atoms with van der Waals surface area (Å²) in [6, 6.07) is 11.1. The molecule has 0 radical (unpaired) electrons. The maximum Gasteiger partial charge on any atom is 0.315 e. The van der Waals surface area contributed by atoms with Crippen molar-refractivity contribution in [1.29, 1.82) is 0 Å². The Kier molecular flexibility index (Phi) is 5.77. The normalized spacial score (nSPS) is 18.4. The lowest BCUT2D eigenvalue weighted by atomic mass is 10.2. The van der Waals surface area contributed by atoms with E-state index >= 15 is 0 Å². The fourth-order valence-corrected chi connectivity index (χ4v) is 3.24. The van der Waals surface area contributed by atoms with Gasteiger partial charge in [-0.2, -0.15) is 0 Å². The van der Waals surface area contributed by atoms with E-state index in [9.17, 15) is 4.79 Å². The van der Waals surface area contributed by atoms with Gasteiger partial charge in [-0.25, -0.2) is 9.78 Å². The number of morpholine rings is 1. The van der Waals surface area contributed by atoms with Crippen LogP contribution >= 0.6 is 0 Å². The summed E-state index contributed by atoms with van der Waals surface area (Å²) < 4.78 is 16.9. The monoisotopic (exact) mass is 384 g/mol. The number of nitrogens with one attached hydrogen (secondary N) is 2. The van der Waals surface area contributed by atoms with E-state index in [1.54, 1.807) is 6.20 Å². The van der Waals surface area contributed by atoms with E-state index < -0.39 is 0 Å². The number of fused-ring (bicyclic) bond motifs is 1. The first-order chi connectivity index (χ1) is 13.8. The third-order valence-corrected chi connectivity index (χ3v) is 4.68. The van der Waals surface area contributed by atoms with E-state index in [-0.39, 0.29) is 12.1 Å². The minimum atomic E-state index is -0.251. The van der Waals surface area contributed by atoms with Crippen LogP contribution in [0.2, 0.25) is 0 Å². The lowest BCUT2D eigenvalue weighted by Gasteiger charge is -2.29. The second kappa shape index (κ2) is 8.79. The van der Waals surface area contributed by atoms with Gasteiger partial charge in [-0.05, 0) is 18.2 Å². The quantitative estimate of drug-likeness (QED) is 0.814. The molecule has 0 aliphatic carbocycles. The number of amides is 2. The summed E-state index contributed by atoms with van der Waals surface area (Å²) in [5.41, 5.74) is 0.978. The molecule has 2 aliphatic rings. The van der Waals surface area contributed by atoms with Crippen molar-refractivity contribution in [1.82, 2.24) is 15.6 Å². The summed E-state index contributed by atoms with van der Waals surface area (Å²) in [6.07, 6.45) is 1.55. The maximum atomic E-state index is 12.2. The number of carbonyl (C=O) groups is 1. The number of hydrogen-bond donors (Lipinski definition) is 2. The van der Waals surface area contributed by atoms with Crippen molar-refractivity contribution < 1.29 is 19.0 Å². The van der Waals surface area contributed by atoms with E-state index in [0.717, 1.165) is 30.2 Å². The van der Waals surface area contributed by atoms with Gasteiger partial charge in [-0.3, -0.25) is 0 Å². The molecule has 2 N–H and O–H groups in total. The first-order valence-corrected chi connectivity index (χ1v) is 9.46. The summed E-state index contributed by atoms with van der Waals surface area (Å²) in [4.78, 5) is 18.9. The molecule has 1 saturated heterocycles. The average molecular weight is 384 g/mol. The first-order valence-electron chi connectivity index (χ1n) is 9.46.